The van der Waals surface area contributed by atoms with Crippen molar-refractivity contribution in [3.63, 3.8) is 0 Å². The third-order valence-electron chi connectivity index (χ3n) is 3.40. The quantitative estimate of drug-likeness (QED) is 0.726. The van der Waals surface area contributed by atoms with Gasteiger partial charge in [-0.25, -0.2) is 0 Å². The normalized spacial score (nSPS) is 21.6. The molecular formula is C12H20N2O2. The van der Waals surface area contributed by atoms with E-state index in [1.807, 2.05) is 20.8 Å². The van der Waals surface area contributed by atoms with E-state index >= 15 is 0 Å². The van der Waals surface area contributed by atoms with Gasteiger partial charge in [0.1, 0.15) is 12.1 Å². The molecule has 0 aromatic rings. The molecule has 0 radical (unpaired) electrons. The molecule has 1 unspecified atom stereocenters. The van der Waals surface area contributed by atoms with Crippen LogP contribution in [0.2, 0.25) is 0 Å². The lowest BCUT2D eigenvalue weighted by atomic mass is 9.88. The van der Waals surface area contributed by atoms with Crippen molar-refractivity contribution >= 4 is 11.8 Å². The molecule has 2 amide bonds. The van der Waals surface area contributed by atoms with E-state index in [9.17, 15) is 9.59 Å². The third kappa shape index (κ3) is 1.96. The summed E-state index contributed by atoms with van der Waals surface area (Å²) in [4.78, 5) is 25.5. The van der Waals surface area contributed by atoms with Crippen LogP contribution >= 0.6 is 0 Å². The lowest BCUT2D eigenvalue weighted by Gasteiger charge is -2.42. The molecule has 4 heteroatoms. The molecule has 0 aromatic carbocycles. The summed E-state index contributed by atoms with van der Waals surface area (Å²) in [7, 11) is 0. The molecule has 0 spiro atoms. The van der Waals surface area contributed by atoms with Crippen molar-refractivity contribution in [1.29, 1.82) is 0 Å². The highest BCUT2D eigenvalue weighted by molar-refractivity contribution is 5.98. The standard InChI is InChI=1S/C12H20N2O2/c1-5-9(4)14-8-10(15)13-12(6-2,7-3)11(14)16/h5,9H,1,6-8H2,2-4H3,(H,13,15). The summed E-state index contributed by atoms with van der Waals surface area (Å²) in [6, 6.07) is -0.101. The first-order valence-electron chi connectivity index (χ1n) is 5.75. The predicted molar refractivity (Wildman–Crippen MR) is 62.8 cm³/mol. The molecule has 16 heavy (non-hydrogen) atoms. The molecule has 1 atom stereocenters. The van der Waals surface area contributed by atoms with Crippen molar-refractivity contribution in [2.45, 2.75) is 45.2 Å². The van der Waals surface area contributed by atoms with Gasteiger partial charge in [0.2, 0.25) is 11.8 Å². The van der Waals surface area contributed by atoms with E-state index < -0.39 is 5.54 Å². The Morgan fingerprint density at radius 3 is 2.50 bits per heavy atom. The smallest absolute Gasteiger partial charge is 0.249 e. The SMILES string of the molecule is C=CC(C)N1CC(=O)NC(CC)(CC)C1=O. The number of carbonyl (C=O) groups is 2. The van der Waals surface area contributed by atoms with Crippen LogP contribution in [0, 0.1) is 0 Å². The van der Waals surface area contributed by atoms with Crippen LogP contribution in [-0.4, -0.2) is 34.8 Å². The Bertz CT molecular complexity index is 308. The number of rotatable bonds is 4. The maximum Gasteiger partial charge on any atom is 0.249 e. The fourth-order valence-electron chi connectivity index (χ4n) is 2.05. The third-order valence-corrected chi connectivity index (χ3v) is 3.40. The summed E-state index contributed by atoms with van der Waals surface area (Å²) < 4.78 is 0. The van der Waals surface area contributed by atoms with E-state index in [1.165, 1.54) is 0 Å². The Morgan fingerprint density at radius 1 is 1.50 bits per heavy atom. The minimum atomic E-state index is -0.716. The van der Waals surface area contributed by atoms with Crippen LogP contribution < -0.4 is 5.32 Å². The zero-order valence-electron chi connectivity index (χ0n) is 10.2. The van der Waals surface area contributed by atoms with Gasteiger partial charge in [-0.05, 0) is 19.8 Å². The van der Waals surface area contributed by atoms with Gasteiger partial charge in [-0.2, -0.15) is 0 Å². The van der Waals surface area contributed by atoms with Crippen molar-refractivity contribution in [1.82, 2.24) is 10.2 Å². The van der Waals surface area contributed by atoms with Crippen molar-refractivity contribution in [2.75, 3.05) is 6.54 Å². The summed E-state index contributed by atoms with van der Waals surface area (Å²) >= 11 is 0. The van der Waals surface area contributed by atoms with E-state index in [2.05, 4.69) is 11.9 Å². The molecule has 0 bridgehead atoms. The highest BCUT2D eigenvalue weighted by Crippen LogP contribution is 2.23. The molecule has 1 rings (SSSR count). The Morgan fingerprint density at radius 2 is 2.06 bits per heavy atom. The first kappa shape index (κ1) is 12.7. The van der Waals surface area contributed by atoms with Gasteiger partial charge in [0, 0.05) is 6.04 Å². The number of nitrogens with zero attached hydrogens (tertiary/aromatic N) is 1. The van der Waals surface area contributed by atoms with Crippen LogP contribution in [-0.2, 0) is 9.59 Å². The highest BCUT2D eigenvalue weighted by Gasteiger charge is 2.44. The fourth-order valence-corrected chi connectivity index (χ4v) is 2.05. The minimum absolute atomic E-state index is 0.00417. The highest BCUT2D eigenvalue weighted by atomic mass is 16.2. The topological polar surface area (TPSA) is 49.4 Å². The molecule has 0 aromatic heterocycles. The monoisotopic (exact) mass is 224 g/mol. The number of hydrogen-bond donors (Lipinski definition) is 1. The van der Waals surface area contributed by atoms with Crippen molar-refractivity contribution in [2.24, 2.45) is 0 Å². The van der Waals surface area contributed by atoms with E-state index in [0.29, 0.717) is 12.8 Å². The Hall–Kier alpha value is -1.32. The number of nitrogens with one attached hydrogen (secondary N) is 1. The van der Waals surface area contributed by atoms with Crippen LogP contribution in [0.4, 0.5) is 0 Å². The first-order valence-corrected chi connectivity index (χ1v) is 5.75. The number of carbonyl (C=O) groups excluding carboxylic acids is 2. The maximum absolute atomic E-state index is 12.3. The fraction of sp³-hybridized carbons (Fsp3) is 0.667. The van der Waals surface area contributed by atoms with Crippen LogP contribution in [0.5, 0.6) is 0 Å². The molecule has 0 saturated carbocycles. The second kappa shape index (κ2) is 4.68. The van der Waals surface area contributed by atoms with Gasteiger partial charge in [0.15, 0.2) is 0 Å². The van der Waals surface area contributed by atoms with Crippen LogP contribution in [0.25, 0.3) is 0 Å². The number of piperazine rings is 1. The van der Waals surface area contributed by atoms with E-state index in [1.54, 1.807) is 11.0 Å². The molecule has 1 heterocycles. The molecule has 90 valence electrons. The van der Waals surface area contributed by atoms with Gasteiger partial charge in [-0.3, -0.25) is 9.59 Å². The zero-order valence-corrected chi connectivity index (χ0v) is 10.2. The predicted octanol–water partition coefficient (Wildman–Crippen LogP) is 1.08. The molecule has 1 fully saturated rings. The summed E-state index contributed by atoms with van der Waals surface area (Å²) in [6.07, 6.45) is 2.93. The summed E-state index contributed by atoms with van der Waals surface area (Å²) in [5, 5.41) is 2.82. The minimum Gasteiger partial charge on any atom is -0.340 e. The zero-order chi connectivity index (χ0) is 12.3. The average molecular weight is 224 g/mol. The molecule has 4 nitrogen and oxygen atoms in total. The molecular weight excluding hydrogens is 204 g/mol. The van der Waals surface area contributed by atoms with Gasteiger partial charge in [-0.15, -0.1) is 6.58 Å². The van der Waals surface area contributed by atoms with Gasteiger partial charge in [-0.1, -0.05) is 19.9 Å². The summed E-state index contributed by atoms with van der Waals surface area (Å²) in [6.45, 7) is 9.52. The van der Waals surface area contributed by atoms with Gasteiger partial charge < -0.3 is 10.2 Å². The average Bonchev–Trinajstić information content (AvgIpc) is 2.30. The van der Waals surface area contributed by atoms with Crippen molar-refractivity contribution < 1.29 is 9.59 Å². The Kier molecular flexibility index (Phi) is 3.73. The molecule has 1 N–H and O–H groups in total. The number of hydrogen-bond acceptors (Lipinski definition) is 2. The molecule has 0 aliphatic carbocycles. The first-order chi connectivity index (χ1) is 7.50. The van der Waals surface area contributed by atoms with Crippen LogP contribution in [0.3, 0.4) is 0 Å². The molecule has 1 saturated heterocycles. The van der Waals surface area contributed by atoms with E-state index in [-0.39, 0.29) is 24.4 Å². The van der Waals surface area contributed by atoms with Crippen LogP contribution in [0.1, 0.15) is 33.6 Å². The van der Waals surface area contributed by atoms with E-state index in [4.69, 9.17) is 0 Å². The summed E-state index contributed by atoms with van der Waals surface area (Å²) in [5.41, 5.74) is -0.716. The second-order valence-corrected chi connectivity index (χ2v) is 4.25. The lowest BCUT2D eigenvalue weighted by molar-refractivity contribution is -0.151. The summed E-state index contributed by atoms with van der Waals surface area (Å²) in [5.74, 6) is -0.0819. The van der Waals surface area contributed by atoms with Gasteiger partial charge in [0.25, 0.3) is 0 Å². The van der Waals surface area contributed by atoms with Crippen LogP contribution in [0.15, 0.2) is 12.7 Å². The largest absolute Gasteiger partial charge is 0.340 e. The number of amides is 2. The molecule has 1 aliphatic rings. The van der Waals surface area contributed by atoms with Gasteiger partial charge >= 0.3 is 0 Å². The van der Waals surface area contributed by atoms with Gasteiger partial charge in [0.05, 0.1) is 0 Å². The maximum atomic E-state index is 12.3. The van der Waals surface area contributed by atoms with E-state index in [0.717, 1.165) is 0 Å². The Balaban J connectivity index is 3.02. The van der Waals surface area contributed by atoms with Crippen molar-refractivity contribution in [3.05, 3.63) is 12.7 Å². The Labute approximate surface area is 96.7 Å². The molecule has 1 aliphatic heterocycles. The van der Waals surface area contributed by atoms with Crippen molar-refractivity contribution in [3.8, 4) is 0 Å². The lowest BCUT2D eigenvalue weighted by Crippen LogP contribution is -2.67. The second-order valence-electron chi connectivity index (χ2n) is 4.25.